The number of esters is 1. The van der Waals surface area contributed by atoms with Gasteiger partial charge in [0.05, 0.1) is 31.4 Å². The Balaban J connectivity index is 1.85. The lowest BCUT2D eigenvalue weighted by atomic mass is 9.89. The molecule has 0 spiro atoms. The molecule has 27 heavy (non-hydrogen) atoms. The number of hydrogen-bond donors (Lipinski definition) is 0. The zero-order valence-corrected chi connectivity index (χ0v) is 17.8. The third kappa shape index (κ3) is 5.11. The number of nitrogens with zero attached hydrogens (tertiary/aromatic N) is 2. The Labute approximate surface area is 170 Å². The van der Waals surface area contributed by atoms with Crippen LogP contribution >= 0.6 is 15.9 Å². The van der Waals surface area contributed by atoms with Gasteiger partial charge in [0.2, 0.25) is 0 Å². The molecule has 5 nitrogen and oxygen atoms in total. The van der Waals surface area contributed by atoms with E-state index in [1.54, 1.807) is 7.11 Å². The molecular weight excluding hydrogens is 408 g/mol. The SMILES string of the molecule is COC[C@@H]1CCCN1/N=C(\C[C@H]1CCC[C@@H]1C(=O)OC)c1ccc(Br)cc1. The van der Waals surface area contributed by atoms with Gasteiger partial charge < -0.3 is 9.47 Å². The maximum atomic E-state index is 12.2. The van der Waals surface area contributed by atoms with Gasteiger partial charge in [-0.2, -0.15) is 5.10 Å². The van der Waals surface area contributed by atoms with Gasteiger partial charge in [0.1, 0.15) is 0 Å². The fraction of sp³-hybridized carbons (Fsp3) is 0.619. The van der Waals surface area contributed by atoms with Crippen molar-refractivity contribution in [1.29, 1.82) is 0 Å². The third-order valence-corrected chi connectivity index (χ3v) is 6.28. The Hall–Kier alpha value is -1.40. The predicted octanol–water partition coefficient (Wildman–Crippen LogP) is 4.24. The predicted molar refractivity (Wildman–Crippen MR) is 110 cm³/mol. The zero-order chi connectivity index (χ0) is 19.2. The van der Waals surface area contributed by atoms with E-state index in [1.807, 2.05) is 12.1 Å². The van der Waals surface area contributed by atoms with Crippen molar-refractivity contribution in [3.63, 3.8) is 0 Å². The number of hydrogen-bond acceptors (Lipinski definition) is 5. The van der Waals surface area contributed by atoms with Crippen molar-refractivity contribution < 1.29 is 14.3 Å². The van der Waals surface area contributed by atoms with E-state index in [4.69, 9.17) is 14.6 Å². The van der Waals surface area contributed by atoms with Crippen molar-refractivity contribution in [2.24, 2.45) is 16.9 Å². The molecule has 0 aromatic heterocycles. The van der Waals surface area contributed by atoms with Crippen molar-refractivity contribution in [1.82, 2.24) is 5.01 Å². The first-order valence-corrected chi connectivity index (χ1v) is 10.6. The van der Waals surface area contributed by atoms with Crippen molar-refractivity contribution in [3.05, 3.63) is 34.3 Å². The molecule has 1 aromatic rings. The average molecular weight is 437 g/mol. The van der Waals surface area contributed by atoms with Gasteiger partial charge in [-0.25, -0.2) is 0 Å². The largest absolute Gasteiger partial charge is 0.469 e. The molecule has 3 atom stereocenters. The average Bonchev–Trinajstić information content (AvgIpc) is 3.31. The van der Waals surface area contributed by atoms with Gasteiger partial charge in [0.25, 0.3) is 0 Å². The first-order chi connectivity index (χ1) is 13.1. The standard InChI is InChI=1S/C21H29BrN2O3/c1-26-14-18-6-4-12-24(18)23-20(15-8-10-17(22)11-9-15)13-16-5-3-7-19(16)21(25)27-2/h8-11,16,18-19H,3-7,12-14H2,1-2H3/b23-20+/t16-,18+,19+/m1/s1. The first kappa shape index (κ1) is 20.3. The van der Waals surface area contributed by atoms with Crippen LogP contribution in [0.3, 0.4) is 0 Å². The van der Waals surface area contributed by atoms with E-state index in [1.165, 1.54) is 7.11 Å². The van der Waals surface area contributed by atoms with E-state index in [2.05, 4.69) is 33.1 Å². The lowest BCUT2D eigenvalue weighted by Crippen LogP contribution is -2.30. The van der Waals surface area contributed by atoms with Crippen LogP contribution in [0.4, 0.5) is 0 Å². The summed E-state index contributed by atoms with van der Waals surface area (Å²) < 4.78 is 11.5. The van der Waals surface area contributed by atoms with E-state index in [9.17, 15) is 4.79 Å². The van der Waals surface area contributed by atoms with Crippen LogP contribution < -0.4 is 0 Å². The van der Waals surface area contributed by atoms with E-state index in [0.717, 1.165) is 60.8 Å². The maximum absolute atomic E-state index is 12.2. The molecule has 0 radical (unpaired) electrons. The van der Waals surface area contributed by atoms with Gasteiger partial charge >= 0.3 is 5.97 Å². The summed E-state index contributed by atoms with van der Waals surface area (Å²) in [4.78, 5) is 12.2. The molecule has 0 amide bonds. The molecule has 1 saturated heterocycles. The highest BCUT2D eigenvalue weighted by Gasteiger charge is 2.35. The second-order valence-corrected chi connectivity index (χ2v) is 8.41. The normalized spacial score (nSPS) is 25.8. The number of carbonyl (C=O) groups is 1. The summed E-state index contributed by atoms with van der Waals surface area (Å²) >= 11 is 3.51. The molecule has 3 rings (SSSR count). The summed E-state index contributed by atoms with van der Waals surface area (Å²) in [5.41, 5.74) is 2.18. The van der Waals surface area contributed by atoms with Crippen molar-refractivity contribution in [2.45, 2.75) is 44.6 Å². The fourth-order valence-electron chi connectivity index (χ4n) is 4.32. The summed E-state index contributed by atoms with van der Waals surface area (Å²) in [5, 5.41) is 7.24. The molecule has 1 saturated carbocycles. The molecule has 1 heterocycles. The minimum absolute atomic E-state index is 0.0102. The van der Waals surface area contributed by atoms with Crippen LogP contribution in [0.25, 0.3) is 0 Å². The van der Waals surface area contributed by atoms with Gasteiger partial charge in [-0.3, -0.25) is 9.80 Å². The van der Waals surface area contributed by atoms with Gasteiger partial charge in [-0.1, -0.05) is 34.5 Å². The Kier molecular flexibility index (Phi) is 7.30. The van der Waals surface area contributed by atoms with Crippen molar-refractivity contribution in [2.75, 3.05) is 27.4 Å². The highest BCUT2D eigenvalue weighted by molar-refractivity contribution is 9.10. The highest BCUT2D eigenvalue weighted by Crippen LogP contribution is 2.36. The second-order valence-electron chi connectivity index (χ2n) is 7.49. The number of hydrazone groups is 1. The molecule has 1 aromatic carbocycles. The van der Waals surface area contributed by atoms with E-state index in [0.29, 0.717) is 18.6 Å². The van der Waals surface area contributed by atoms with Gasteiger partial charge in [-0.05, 0) is 55.7 Å². The van der Waals surface area contributed by atoms with Gasteiger partial charge in [0, 0.05) is 18.1 Å². The lowest BCUT2D eigenvalue weighted by molar-refractivity contribution is -0.146. The zero-order valence-electron chi connectivity index (χ0n) is 16.2. The second kappa shape index (κ2) is 9.69. The summed E-state index contributed by atoms with van der Waals surface area (Å²) in [5.74, 6) is 0.207. The number of rotatable bonds is 7. The van der Waals surface area contributed by atoms with Crippen LogP contribution in [0.1, 0.15) is 44.1 Å². The molecule has 0 bridgehead atoms. The fourth-order valence-corrected chi connectivity index (χ4v) is 4.58. The van der Waals surface area contributed by atoms with Crippen LogP contribution in [0.5, 0.6) is 0 Å². The highest BCUT2D eigenvalue weighted by atomic mass is 79.9. The molecule has 1 aliphatic carbocycles. The Morgan fingerprint density at radius 2 is 1.96 bits per heavy atom. The van der Waals surface area contributed by atoms with Crippen LogP contribution in [-0.4, -0.2) is 50.1 Å². The molecule has 2 aliphatic rings. The van der Waals surface area contributed by atoms with Gasteiger partial charge in [-0.15, -0.1) is 0 Å². The third-order valence-electron chi connectivity index (χ3n) is 5.75. The molecule has 2 fully saturated rings. The van der Waals surface area contributed by atoms with Crippen LogP contribution in [-0.2, 0) is 14.3 Å². The Morgan fingerprint density at radius 1 is 1.19 bits per heavy atom. The van der Waals surface area contributed by atoms with Crippen molar-refractivity contribution in [3.8, 4) is 0 Å². The monoisotopic (exact) mass is 436 g/mol. The summed E-state index contributed by atoms with van der Waals surface area (Å²) in [6.07, 6.45) is 6.10. The first-order valence-electron chi connectivity index (χ1n) is 9.79. The number of methoxy groups -OCH3 is 2. The number of ether oxygens (including phenoxy) is 2. The molecule has 0 N–H and O–H groups in total. The number of carbonyl (C=O) groups excluding carboxylic acids is 1. The minimum Gasteiger partial charge on any atom is -0.469 e. The molecular formula is C21H29BrN2O3. The summed E-state index contributed by atoms with van der Waals surface area (Å²) in [6, 6.07) is 8.64. The number of halogens is 1. The van der Waals surface area contributed by atoms with E-state index >= 15 is 0 Å². The quantitative estimate of drug-likeness (QED) is 0.473. The molecule has 0 unspecified atom stereocenters. The number of benzene rings is 1. The van der Waals surface area contributed by atoms with E-state index in [-0.39, 0.29) is 11.9 Å². The Morgan fingerprint density at radius 3 is 2.67 bits per heavy atom. The maximum Gasteiger partial charge on any atom is 0.308 e. The Bertz CT molecular complexity index is 662. The lowest BCUT2D eigenvalue weighted by Gasteiger charge is -2.24. The van der Waals surface area contributed by atoms with Crippen LogP contribution in [0.2, 0.25) is 0 Å². The summed E-state index contributed by atoms with van der Waals surface area (Å²) in [6.45, 7) is 1.66. The smallest absolute Gasteiger partial charge is 0.308 e. The topological polar surface area (TPSA) is 51.1 Å². The summed E-state index contributed by atoms with van der Waals surface area (Å²) in [7, 11) is 3.23. The van der Waals surface area contributed by atoms with Crippen LogP contribution in [0, 0.1) is 11.8 Å². The molecule has 148 valence electrons. The molecule has 6 heteroatoms. The van der Waals surface area contributed by atoms with E-state index < -0.39 is 0 Å². The van der Waals surface area contributed by atoms with Crippen molar-refractivity contribution >= 4 is 27.6 Å². The van der Waals surface area contributed by atoms with Crippen LogP contribution in [0.15, 0.2) is 33.8 Å². The van der Waals surface area contributed by atoms with Gasteiger partial charge in [0.15, 0.2) is 0 Å². The minimum atomic E-state index is -0.0777. The molecule has 1 aliphatic heterocycles.